The Morgan fingerprint density at radius 1 is 0.920 bits per heavy atom. The van der Waals surface area contributed by atoms with Crippen molar-refractivity contribution in [2.24, 2.45) is 0 Å². The number of alkyl halides is 3. The molecular formula is C20H16F3NO. The molecule has 0 saturated heterocycles. The molecule has 5 heteroatoms. The summed E-state index contributed by atoms with van der Waals surface area (Å²) in [5, 5.41) is 4.88. The van der Waals surface area contributed by atoms with Crippen molar-refractivity contribution in [3.63, 3.8) is 0 Å². The number of carbonyl (C=O) groups excluding carboxylic acids is 1. The van der Waals surface area contributed by atoms with Crippen LogP contribution in [0.15, 0.2) is 66.7 Å². The van der Waals surface area contributed by atoms with Gasteiger partial charge in [0.2, 0.25) is 0 Å². The third-order valence-corrected chi connectivity index (χ3v) is 4.07. The molecule has 3 rings (SSSR count). The van der Waals surface area contributed by atoms with Crippen LogP contribution in [0.3, 0.4) is 0 Å². The lowest BCUT2D eigenvalue weighted by molar-refractivity contribution is -0.137. The highest BCUT2D eigenvalue weighted by Crippen LogP contribution is 2.29. The summed E-state index contributed by atoms with van der Waals surface area (Å²) in [4.78, 5) is 12.3. The predicted molar refractivity (Wildman–Crippen MR) is 91.3 cm³/mol. The van der Waals surface area contributed by atoms with Crippen LogP contribution in [0.2, 0.25) is 0 Å². The molecule has 0 bridgehead atoms. The van der Waals surface area contributed by atoms with Crippen molar-refractivity contribution >= 4 is 16.7 Å². The molecule has 0 fully saturated rings. The first-order chi connectivity index (χ1) is 11.8. The van der Waals surface area contributed by atoms with E-state index in [0.717, 1.165) is 28.5 Å². The quantitative estimate of drug-likeness (QED) is 0.682. The molecule has 2 nitrogen and oxygen atoms in total. The zero-order valence-electron chi connectivity index (χ0n) is 13.5. The third-order valence-electron chi connectivity index (χ3n) is 4.07. The molecule has 0 aromatic heterocycles. The average Bonchev–Trinajstić information content (AvgIpc) is 2.60. The molecule has 1 N–H and O–H groups in total. The Labute approximate surface area is 143 Å². The van der Waals surface area contributed by atoms with E-state index in [1.54, 1.807) is 6.92 Å². The highest BCUT2D eigenvalue weighted by Gasteiger charge is 2.31. The molecule has 25 heavy (non-hydrogen) atoms. The molecule has 0 heterocycles. The normalized spacial score (nSPS) is 12.8. The van der Waals surface area contributed by atoms with Crippen LogP contribution in [0.1, 0.15) is 34.5 Å². The summed E-state index contributed by atoms with van der Waals surface area (Å²) in [6.45, 7) is 1.80. The Balaban J connectivity index is 1.80. The lowest BCUT2D eigenvalue weighted by Crippen LogP contribution is -2.27. The smallest absolute Gasteiger partial charge is 0.346 e. The molecule has 0 unspecified atom stereocenters. The summed E-state index contributed by atoms with van der Waals surface area (Å²) in [5.74, 6) is -0.535. The van der Waals surface area contributed by atoms with Crippen LogP contribution in [-0.2, 0) is 6.18 Å². The van der Waals surface area contributed by atoms with Gasteiger partial charge in [-0.1, -0.05) is 42.5 Å². The maximum atomic E-state index is 12.8. The van der Waals surface area contributed by atoms with Crippen LogP contribution >= 0.6 is 0 Å². The van der Waals surface area contributed by atoms with Gasteiger partial charge in [0.05, 0.1) is 11.6 Å². The Kier molecular flexibility index (Phi) is 4.49. The molecule has 1 atom stereocenters. The number of carbonyl (C=O) groups is 1. The van der Waals surface area contributed by atoms with E-state index in [0.29, 0.717) is 0 Å². The van der Waals surface area contributed by atoms with Gasteiger partial charge < -0.3 is 5.32 Å². The zero-order valence-corrected chi connectivity index (χ0v) is 13.5. The second kappa shape index (κ2) is 6.59. The first kappa shape index (κ1) is 17.0. The molecule has 3 aromatic rings. The van der Waals surface area contributed by atoms with Gasteiger partial charge in [0.1, 0.15) is 0 Å². The largest absolute Gasteiger partial charge is 0.416 e. The molecular weight excluding hydrogens is 327 g/mol. The summed E-state index contributed by atoms with van der Waals surface area (Å²) in [6, 6.07) is 17.8. The molecule has 1 amide bonds. The van der Waals surface area contributed by atoms with Gasteiger partial charge in [-0.2, -0.15) is 13.2 Å². The van der Waals surface area contributed by atoms with E-state index < -0.39 is 17.6 Å². The molecule has 128 valence electrons. The molecule has 0 aliphatic heterocycles. The Morgan fingerprint density at radius 2 is 1.64 bits per heavy atom. The fourth-order valence-electron chi connectivity index (χ4n) is 2.68. The van der Waals surface area contributed by atoms with E-state index in [1.807, 2.05) is 42.5 Å². The lowest BCUT2D eigenvalue weighted by Gasteiger charge is -2.16. The number of hydrogen-bond acceptors (Lipinski definition) is 1. The number of halogens is 3. The topological polar surface area (TPSA) is 29.1 Å². The minimum atomic E-state index is -4.47. The van der Waals surface area contributed by atoms with Crippen LogP contribution in [0, 0.1) is 0 Å². The standard InChI is InChI=1S/C20H16F3NO/c1-13(15-10-9-14-5-2-3-6-16(14)11-15)24-19(25)17-7-4-8-18(12-17)20(21,22)23/h2-13H,1H3,(H,24,25)/t13-/m1/s1. The summed E-state index contributed by atoms with van der Waals surface area (Å²) >= 11 is 0. The van der Waals surface area contributed by atoms with E-state index in [1.165, 1.54) is 12.1 Å². The van der Waals surface area contributed by atoms with Gasteiger partial charge in [-0.3, -0.25) is 4.79 Å². The van der Waals surface area contributed by atoms with E-state index in [-0.39, 0.29) is 11.6 Å². The van der Waals surface area contributed by atoms with Crippen LogP contribution in [0.4, 0.5) is 13.2 Å². The highest BCUT2D eigenvalue weighted by molar-refractivity contribution is 5.94. The zero-order chi connectivity index (χ0) is 18.0. The lowest BCUT2D eigenvalue weighted by atomic mass is 10.0. The van der Waals surface area contributed by atoms with Crippen molar-refractivity contribution in [3.8, 4) is 0 Å². The number of benzene rings is 3. The van der Waals surface area contributed by atoms with Crippen molar-refractivity contribution in [2.75, 3.05) is 0 Å². The second-order valence-corrected chi connectivity index (χ2v) is 5.88. The molecule has 0 aliphatic rings. The fourth-order valence-corrected chi connectivity index (χ4v) is 2.68. The molecule has 0 radical (unpaired) electrons. The summed E-state index contributed by atoms with van der Waals surface area (Å²) < 4.78 is 38.3. The summed E-state index contributed by atoms with van der Waals surface area (Å²) in [6.07, 6.45) is -4.47. The maximum absolute atomic E-state index is 12.8. The predicted octanol–water partition coefficient (Wildman–Crippen LogP) is 5.35. The Hall–Kier alpha value is -2.82. The number of amides is 1. The van der Waals surface area contributed by atoms with E-state index in [2.05, 4.69) is 5.32 Å². The van der Waals surface area contributed by atoms with Gasteiger partial charge in [0, 0.05) is 5.56 Å². The van der Waals surface area contributed by atoms with Crippen LogP contribution in [-0.4, -0.2) is 5.91 Å². The second-order valence-electron chi connectivity index (χ2n) is 5.88. The van der Waals surface area contributed by atoms with Gasteiger partial charge in [-0.25, -0.2) is 0 Å². The Bertz CT molecular complexity index is 918. The van der Waals surface area contributed by atoms with Crippen molar-refractivity contribution in [1.82, 2.24) is 5.32 Å². The summed E-state index contributed by atoms with van der Waals surface area (Å²) in [5.41, 5.74) is 0.0417. The van der Waals surface area contributed by atoms with Crippen molar-refractivity contribution in [2.45, 2.75) is 19.1 Å². The first-order valence-electron chi connectivity index (χ1n) is 7.81. The average molecular weight is 343 g/mol. The molecule has 0 aliphatic carbocycles. The van der Waals surface area contributed by atoms with Gasteiger partial charge in [0.25, 0.3) is 5.91 Å². The van der Waals surface area contributed by atoms with Gasteiger partial charge in [-0.05, 0) is 47.5 Å². The molecule has 0 spiro atoms. The summed E-state index contributed by atoms with van der Waals surface area (Å²) in [7, 11) is 0. The molecule has 3 aromatic carbocycles. The first-order valence-corrected chi connectivity index (χ1v) is 7.81. The SMILES string of the molecule is C[C@@H](NC(=O)c1cccc(C(F)(F)F)c1)c1ccc2ccccc2c1. The fraction of sp³-hybridized carbons (Fsp3) is 0.150. The van der Waals surface area contributed by atoms with Gasteiger partial charge in [-0.15, -0.1) is 0 Å². The van der Waals surface area contributed by atoms with E-state index >= 15 is 0 Å². The minimum Gasteiger partial charge on any atom is -0.346 e. The minimum absolute atomic E-state index is 0.0116. The Morgan fingerprint density at radius 3 is 2.36 bits per heavy atom. The number of hydrogen-bond donors (Lipinski definition) is 1. The van der Waals surface area contributed by atoms with Gasteiger partial charge in [0.15, 0.2) is 0 Å². The maximum Gasteiger partial charge on any atom is 0.416 e. The van der Waals surface area contributed by atoms with Crippen LogP contribution in [0.5, 0.6) is 0 Å². The van der Waals surface area contributed by atoms with E-state index in [9.17, 15) is 18.0 Å². The van der Waals surface area contributed by atoms with Crippen molar-refractivity contribution in [3.05, 3.63) is 83.4 Å². The van der Waals surface area contributed by atoms with Crippen LogP contribution in [0.25, 0.3) is 10.8 Å². The number of nitrogens with one attached hydrogen (secondary N) is 1. The van der Waals surface area contributed by atoms with E-state index in [4.69, 9.17) is 0 Å². The van der Waals surface area contributed by atoms with Crippen molar-refractivity contribution < 1.29 is 18.0 Å². The number of rotatable bonds is 3. The van der Waals surface area contributed by atoms with Crippen LogP contribution < -0.4 is 5.32 Å². The third kappa shape index (κ3) is 3.82. The molecule has 0 saturated carbocycles. The van der Waals surface area contributed by atoms with Gasteiger partial charge >= 0.3 is 6.18 Å². The highest BCUT2D eigenvalue weighted by atomic mass is 19.4. The monoisotopic (exact) mass is 343 g/mol. The number of fused-ring (bicyclic) bond motifs is 1. The van der Waals surface area contributed by atoms with Crippen molar-refractivity contribution in [1.29, 1.82) is 0 Å².